The molecular formula is C21H21N9O. The molecule has 0 unspecified atom stereocenters. The summed E-state index contributed by atoms with van der Waals surface area (Å²) >= 11 is 0. The smallest absolute Gasteiger partial charge is 0.282 e. The molecule has 5 rings (SSSR count). The highest BCUT2D eigenvalue weighted by Crippen LogP contribution is 2.29. The van der Waals surface area contributed by atoms with Gasteiger partial charge in [-0.3, -0.25) is 14.9 Å². The molecule has 0 atom stereocenters. The lowest BCUT2D eigenvalue weighted by molar-refractivity contribution is 0.772. The Morgan fingerprint density at radius 3 is 2.65 bits per heavy atom. The molecule has 156 valence electrons. The van der Waals surface area contributed by atoms with Crippen LogP contribution in [0.1, 0.15) is 43.8 Å². The van der Waals surface area contributed by atoms with Gasteiger partial charge in [-0.25, -0.2) is 14.5 Å². The standard InChI is InChI=1S/C21H21N9O/c1-6-13-16(21(31)30-18(24-13)11(4)17(28-30)10(2)3)15-12(5)27-29-19(25-26-20(15)29)14-9-22-7-8-23-14/h7-10,27H,4,6H2,1-3,5H3. The molecule has 5 aromatic rings. The Morgan fingerprint density at radius 1 is 1.16 bits per heavy atom. The molecule has 31 heavy (non-hydrogen) atoms. The number of nitrogens with one attached hydrogen (secondary N) is 1. The molecule has 0 radical (unpaired) electrons. The van der Waals surface area contributed by atoms with E-state index < -0.39 is 0 Å². The number of aromatic nitrogens is 9. The van der Waals surface area contributed by atoms with Crippen LogP contribution in [0.4, 0.5) is 0 Å². The highest BCUT2D eigenvalue weighted by Gasteiger charge is 2.25. The fraction of sp³-hybridized carbons (Fsp3) is 0.286. The number of aromatic amines is 1. The number of fused-ring (bicyclic) bond motifs is 2. The van der Waals surface area contributed by atoms with Gasteiger partial charge >= 0.3 is 0 Å². The van der Waals surface area contributed by atoms with E-state index in [1.165, 1.54) is 4.52 Å². The molecule has 5 heterocycles. The zero-order valence-electron chi connectivity index (χ0n) is 17.7. The zero-order chi connectivity index (χ0) is 21.9. The van der Waals surface area contributed by atoms with Crippen LogP contribution in [0.3, 0.4) is 0 Å². The first-order valence-corrected chi connectivity index (χ1v) is 10.1. The summed E-state index contributed by atoms with van der Waals surface area (Å²) in [4.78, 5) is 26.8. The van der Waals surface area contributed by atoms with Gasteiger partial charge in [-0.2, -0.15) is 9.61 Å². The summed E-state index contributed by atoms with van der Waals surface area (Å²) in [5.41, 5.74) is 4.70. The van der Waals surface area contributed by atoms with Crippen LogP contribution in [0, 0.1) is 6.92 Å². The summed E-state index contributed by atoms with van der Waals surface area (Å²) in [5.74, 6) is 0.645. The molecule has 1 N–H and O–H groups in total. The molecule has 0 spiro atoms. The first-order chi connectivity index (χ1) is 14.9. The molecular weight excluding hydrogens is 394 g/mol. The summed E-state index contributed by atoms with van der Waals surface area (Å²) in [6.45, 7) is 12.0. The second kappa shape index (κ2) is 6.79. The van der Waals surface area contributed by atoms with E-state index in [4.69, 9.17) is 4.98 Å². The van der Waals surface area contributed by atoms with Crippen molar-refractivity contribution in [2.75, 3.05) is 0 Å². The van der Waals surface area contributed by atoms with Gasteiger partial charge in [0.05, 0.1) is 28.7 Å². The van der Waals surface area contributed by atoms with Crippen LogP contribution >= 0.6 is 0 Å². The van der Waals surface area contributed by atoms with Crippen molar-refractivity contribution >= 4 is 17.9 Å². The highest BCUT2D eigenvalue weighted by atomic mass is 16.1. The summed E-state index contributed by atoms with van der Waals surface area (Å²) in [6.07, 6.45) is 5.38. The predicted octanol–water partition coefficient (Wildman–Crippen LogP) is 1.71. The van der Waals surface area contributed by atoms with Crippen LogP contribution in [-0.2, 0) is 6.42 Å². The van der Waals surface area contributed by atoms with Gasteiger partial charge in [0.1, 0.15) is 5.69 Å². The lowest BCUT2D eigenvalue weighted by Crippen LogP contribution is -2.21. The minimum absolute atomic E-state index is 0.133. The zero-order valence-corrected chi connectivity index (χ0v) is 17.7. The molecule has 10 heteroatoms. The van der Waals surface area contributed by atoms with E-state index in [9.17, 15) is 4.79 Å². The monoisotopic (exact) mass is 415 g/mol. The number of aryl methyl sites for hydroxylation is 2. The van der Waals surface area contributed by atoms with Crippen LogP contribution in [0.2, 0.25) is 0 Å². The summed E-state index contributed by atoms with van der Waals surface area (Å²) in [7, 11) is 0. The van der Waals surface area contributed by atoms with Crippen molar-refractivity contribution in [1.82, 2.24) is 44.4 Å². The maximum Gasteiger partial charge on any atom is 0.282 e. The third-order valence-electron chi connectivity index (χ3n) is 5.39. The van der Waals surface area contributed by atoms with Gasteiger partial charge < -0.3 is 0 Å². The summed E-state index contributed by atoms with van der Waals surface area (Å²) < 4.78 is 3.07. The molecule has 0 aromatic carbocycles. The Bertz CT molecular complexity index is 1540. The van der Waals surface area contributed by atoms with Gasteiger partial charge in [0.2, 0.25) is 5.82 Å². The Morgan fingerprint density at radius 2 is 1.97 bits per heavy atom. The Balaban J connectivity index is 1.83. The molecule has 0 aliphatic rings. The van der Waals surface area contributed by atoms with Crippen LogP contribution in [0.5, 0.6) is 0 Å². The minimum Gasteiger partial charge on any atom is -0.294 e. The normalized spacial score (nSPS) is 11.9. The van der Waals surface area contributed by atoms with E-state index in [0.29, 0.717) is 51.3 Å². The second-order valence-electron chi connectivity index (χ2n) is 7.73. The van der Waals surface area contributed by atoms with Crippen LogP contribution in [-0.4, -0.2) is 44.4 Å². The molecule has 0 aliphatic heterocycles. The second-order valence-corrected chi connectivity index (χ2v) is 7.73. The lowest BCUT2D eigenvalue weighted by Gasteiger charge is -2.06. The first kappa shape index (κ1) is 19.0. The van der Waals surface area contributed by atoms with Gasteiger partial charge in [0.25, 0.3) is 5.56 Å². The maximum absolute atomic E-state index is 13.6. The lowest BCUT2D eigenvalue weighted by atomic mass is 10.0. The molecule has 0 amide bonds. The van der Waals surface area contributed by atoms with Crippen molar-refractivity contribution in [3.63, 3.8) is 0 Å². The maximum atomic E-state index is 13.6. The van der Waals surface area contributed by atoms with Crippen molar-refractivity contribution < 1.29 is 0 Å². The average Bonchev–Trinajstić information content (AvgIpc) is 3.41. The quantitative estimate of drug-likeness (QED) is 0.474. The van der Waals surface area contributed by atoms with Crippen LogP contribution in [0.15, 0.2) is 23.4 Å². The molecule has 0 saturated carbocycles. The molecule has 0 saturated heterocycles. The fourth-order valence-corrected chi connectivity index (χ4v) is 3.92. The number of nitrogens with zero attached hydrogens (tertiary/aromatic N) is 8. The van der Waals surface area contributed by atoms with Gasteiger partial charge in [-0.15, -0.1) is 10.2 Å². The van der Waals surface area contributed by atoms with E-state index in [0.717, 1.165) is 11.4 Å². The third kappa shape index (κ3) is 2.68. The molecule has 0 fully saturated rings. The van der Waals surface area contributed by atoms with Crippen molar-refractivity contribution in [3.8, 4) is 22.6 Å². The predicted molar refractivity (Wildman–Crippen MR) is 116 cm³/mol. The van der Waals surface area contributed by atoms with Crippen molar-refractivity contribution in [2.45, 2.75) is 40.0 Å². The van der Waals surface area contributed by atoms with E-state index in [2.05, 4.69) is 36.9 Å². The van der Waals surface area contributed by atoms with Crippen molar-refractivity contribution in [1.29, 1.82) is 0 Å². The summed E-state index contributed by atoms with van der Waals surface area (Å²) in [6, 6.07) is 0. The van der Waals surface area contributed by atoms with E-state index in [-0.39, 0.29) is 11.5 Å². The minimum atomic E-state index is -0.243. The van der Waals surface area contributed by atoms with Gasteiger partial charge in [0, 0.05) is 23.3 Å². The first-order valence-electron chi connectivity index (χ1n) is 10.1. The number of hydrogen-bond donors (Lipinski definition) is 1. The molecule has 5 aromatic heterocycles. The molecule has 0 aliphatic carbocycles. The Labute approximate surface area is 176 Å². The Hall–Kier alpha value is -3.95. The van der Waals surface area contributed by atoms with E-state index >= 15 is 0 Å². The SMILES string of the molecule is C=c1c(C(C)C)nn2c(=O)c(-c3c(C)[nH]n4c(-c5cnccn5)nnc34)c(CC)nc12. The average molecular weight is 415 g/mol. The van der Waals surface area contributed by atoms with Gasteiger partial charge in [0.15, 0.2) is 11.3 Å². The number of hydrogen-bond acceptors (Lipinski definition) is 7. The third-order valence-corrected chi connectivity index (χ3v) is 5.39. The van der Waals surface area contributed by atoms with Crippen LogP contribution in [0.25, 0.3) is 40.5 Å². The molecule has 10 nitrogen and oxygen atoms in total. The Kier molecular flexibility index (Phi) is 4.17. The fourth-order valence-electron chi connectivity index (χ4n) is 3.92. The van der Waals surface area contributed by atoms with Gasteiger partial charge in [-0.05, 0) is 19.3 Å². The van der Waals surface area contributed by atoms with E-state index in [1.807, 2.05) is 27.7 Å². The van der Waals surface area contributed by atoms with Crippen molar-refractivity contribution in [3.05, 3.63) is 51.2 Å². The molecule has 0 bridgehead atoms. The number of rotatable bonds is 4. The van der Waals surface area contributed by atoms with Crippen molar-refractivity contribution in [2.24, 2.45) is 0 Å². The van der Waals surface area contributed by atoms with E-state index in [1.54, 1.807) is 23.1 Å². The number of H-pyrrole nitrogens is 1. The summed E-state index contributed by atoms with van der Waals surface area (Å²) in [5, 5.41) is 17.1. The largest absolute Gasteiger partial charge is 0.294 e. The van der Waals surface area contributed by atoms with Crippen LogP contribution < -0.4 is 10.8 Å². The topological polar surface area (TPSA) is 119 Å². The van der Waals surface area contributed by atoms with Gasteiger partial charge in [-0.1, -0.05) is 27.4 Å². The highest BCUT2D eigenvalue weighted by molar-refractivity contribution is 5.82.